The average Bonchev–Trinajstić information content (AvgIpc) is 3.17. The lowest BCUT2D eigenvalue weighted by Gasteiger charge is -2.27. The number of benzene rings is 1. The summed E-state index contributed by atoms with van der Waals surface area (Å²) in [6, 6.07) is 7.15. The zero-order chi connectivity index (χ0) is 20.5. The number of likely N-dealkylation sites (tertiary alicyclic amines) is 1. The fraction of sp³-hybridized carbons (Fsp3) is 0.550. The molecule has 1 saturated heterocycles. The highest BCUT2D eigenvalue weighted by Gasteiger charge is 2.37. The Morgan fingerprint density at radius 3 is 2.64 bits per heavy atom. The number of esters is 1. The maximum atomic E-state index is 12.7. The molecule has 1 amide bonds. The fourth-order valence-corrected chi connectivity index (χ4v) is 3.20. The van der Waals surface area contributed by atoms with Gasteiger partial charge in [0.15, 0.2) is 0 Å². The maximum absolute atomic E-state index is 12.7. The van der Waals surface area contributed by atoms with Crippen LogP contribution in [0.2, 0.25) is 0 Å². The van der Waals surface area contributed by atoms with Crippen molar-refractivity contribution in [1.82, 2.24) is 10.2 Å². The molecule has 1 heterocycles. The van der Waals surface area contributed by atoms with E-state index in [0.717, 1.165) is 5.56 Å². The molecular weight excluding hydrogens is 364 g/mol. The van der Waals surface area contributed by atoms with E-state index in [2.05, 4.69) is 5.32 Å². The Bertz CT molecular complexity index is 666. The van der Waals surface area contributed by atoms with Gasteiger partial charge in [-0.1, -0.05) is 30.3 Å². The summed E-state index contributed by atoms with van der Waals surface area (Å²) in [5.41, 5.74) is 0.968. The summed E-state index contributed by atoms with van der Waals surface area (Å²) in [5, 5.41) is 12.2. The fourth-order valence-electron chi connectivity index (χ4n) is 3.20. The Labute approximate surface area is 164 Å². The molecule has 28 heavy (non-hydrogen) atoms. The standard InChI is InChI=1S/C20H28N2O6/c1-3-28-20(26)16(13-27-12-15-8-5-4-6-9-15)21-14(2)18(23)22-11-7-10-17(22)19(24)25/h4-6,8-9,14,16-17,21H,3,7,10-13H2,1-2H3,(H,24,25)/t14?,16?,17-/m0/s1. The van der Waals surface area contributed by atoms with Crippen molar-refractivity contribution in [2.45, 2.75) is 51.4 Å². The number of hydrogen-bond donors (Lipinski definition) is 2. The minimum atomic E-state index is -1.01. The number of carboxylic acid groups (broad SMARTS) is 1. The molecule has 2 rings (SSSR count). The lowest BCUT2D eigenvalue weighted by Crippen LogP contribution is -2.54. The molecule has 2 unspecified atom stereocenters. The zero-order valence-electron chi connectivity index (χ0n) is 16.3. The van der Waals surface area contributed by atoms with Crippen LogP contribution in [-0.2, 0) is 30.5 Å². The average molecular weight is 392 g/mol. The molecule has 0 bridgehead atoms. The molecule has 1 aliphatic rings. The van der Waals surface area contributed by atoms with Crippen molar-refractivity contribution in [2.24, 2.45) is 0 Å². The van der Waals surface area contributed by atoms with Gasteiger partial charge in [0, 0.05) is 6.54 Å². The predicted octanol–water partition coefficient (Wildman–Crippen LogP) is 1.19. The molecular formula is C20H28N2O6. The monoisotopic (exact) mass is 392 g/mol. The van der Waals surface area contributed by atoms with E-state index < -0.39 is 30.1 Å². The van der Waals surface area contributed by atoms with Crippen LogP contribution in [0.4, 0.5) is 0 Å². The largest absolute Gasteiger partial charge is 0.480 e. The van der Waals surface area contributed by atoms with Gasteiger partial charge in [0.25, 0.3) is 0 Å². The number of carboxylic acids is 1. The summed E-state index contributed by atoms with van der Waals surface area (Å²) in [6.07, 6.45) is 1.09. The first-order valence-electron chi connectivity index (χ1n) is 9.51. The molecule has 1 aromatic carbocycles. The molecule has 8 nitrogen and oxygen atoms in total. The summed E-state index contributed by atoms with van der Waals surface area (Å²) in [7, 11) is 0. The Balaban J connectivity index is 1.95. The SMILES string of the molecule is CCOC(=O)C(COCc1ccccc1)NC(C)C(=O)N1CCC[C@H]1C(=O)O. The van der Waals surface area contributed by atoms with Crippen molar-refractivity contribution < 1.29 is 29.0 Å². The van der Waals surface area contributed by atoms with E-state index in [1.54, 1.807) is 13.8 Å². The molecule has 1 aliphatic heterocycles. The summed E-state index contributed by atoms with van der Waals surface area (Å²) in [5.74, 6) is -1.86. The Hall–Kier alpha value is -2.45. The zero-order valence-corrected chi connectivity index (χ0v) is 16.3. The van der Waals surface area contributed by atoms with Gasteiger partial charge in [-0.15, -0.1) is 0 Å². The van der Waals surface area contributed by atoms with E-state index in [-0.39, 0.29) is 19.1 Å². The summed E-state index contributed by atoms with van der Waals surface area (Å²) in [6.45, 7) is 4.29. The number of nitrogens with zero attached hydrogens (tertiary/aromatic N) is 1. The lowest BCUT2D eigenvalue weighted by molar-refractivity contribution is -0.151. The third kappa shape index (κ3) is 6.03. The number of hydrogen-bond acceptors (Lipinski definition) is 6. The Morgan fingerprint density at radius 2 is 2.00 bits per heavy atom. The molecule has 3 atom stereocenters. The molecule has 0 spiro atoms. The van der Waals surface area contributed by atoms with E-state index in [9.17, 15) is 19.5 Å². The minimum Gasteiger partial charge on any atom is -0.480 e. The van der Waals surface area contributed by atoms with Crippen LogP contribution in [0.5, 0.6) is 0 Å². The van der Waals surface area contributed by atoms with Crippen molar-refractivity contribution in [3.8, 4) is 0 Å². The smallest absolute Gasteiger partial charge is 0.326 e. The van der Waals surface area contributed by atoms with Crippen LogP contribution in [0.25, 0.3) is 0 Å². The van der Waals surface area contributed by atoms with Gasteiger partial charge in [-0.3, -0.25) is 14.9 Å². The van der Waals surface area contributed by atoms with Crippen LogP contribution >= 0.6 is 0 Å². The van der Waals surface area contributed by atoms with Crippen LogP contribution in [0.15, 0.2) is 30.3 Å². The second kappa shape index (κ2) is 10.8. The first-order valence-corrected chi connectivity index (χ1v) is 9.51. The van der Waals surface area contributed by atoms with Gasteiger partial charge < -0.3 is 19.5 Å². The third-order valence-corrected chi connectivity index (χ3v) is 4.61. The Morgan fingerprint density at radius 1 is 1.29 bits per heavy atom. The van der Waals surface area contributed by atoms with Crippen LogP contribution in [-0.4, -0.2) is 65.7 Å². The van der Waals surface area contributed by atoms with Gasteiger partial charge in [0.1, 0.15) is 12.1 Å². The van der Waals surface area contributed by atoms with E-state index in [1.807, 2.05) is 30.3 Å². The van der Waals surface area contributed by atoms with Gasteiger partial charge in [0.05, 0.1) is 25.9 Å². The molecule has 154 valence electrons. The van der Waals surface area contributed by atoms with Crippen LogP contribution < -0.4 is 5.32 Å². The molecule has 8 heteroatoms. The van der Waals surface area contributed by atoms with Gasteiger partial charge in [-0.05, 0) is 32.3 Å². The second-order valence-corrected chi connectivity index (χ2v) is 6.72. The molecule has 0 radical (unpaired) electrons. The van der Waals surface area contributed by atoms with E-state index in [1.165, 1.54) is 4.90 Å². The van der Waals surface area contributed by atoms with Gasteiger partial charge in [-0.25, -0.2) is 4.79 Å². The van der Waals surface area contributed by atoms with Crippen molar-refractivity contribution in [1.29, 1.82) is 0 Å². The van der Waals surface area contributed by atoms with Gasteiger partial charge in [-0.2, -0.15) is 0 Å². The number of nitrogens with one attached hydrogen (secondary N) is 1. The van der Waals surface area contributed by atoms with Crippen molar-refractivity contribution >= 4 is 17.8 Å². The molecule has 0 aromatic heterocycles. The highest BCUT2D eigenvalue weighted by molar-refractivity contribution is 5.88. The van der Waals surface area contributed by atoms with E-state index >= 15 is 0 Å². The predicted molar refractivity (Wildman–Crippen MR) is 101 cm³/mol. The quantitative estimate of drug-likeness (QED) is 0.576. The maximum Gasteiger partial charge on any atom is 0.326 e. The first kappa shape index (κ1) is 21.8. The third-order valence-electron chi connectivity index (χ3n) is 4.61. The topological polar surface area (TPSA) is 105 Å². The molecule has 0 aliphatic carbocycles. The Kier molecular flexibility index (Phi) is 8.41. The van der Waals surface area contributed by atoms with Crippen LogP contribution in [0, 0.1) is 0 Å². The molecule has 1 fully saturated rings. The van der Waals surface area contributed by atoms with Crippen molar-refractivity contribution in [3.05, 3.63) is 35.9 Å². The summed E-state index contributed by atoms with van der Waals surface area (Å²) in [4.78, 5) is 37.6. The number of carbonyl (C=O) groups excluding carboxylic acids is 2. The molecule has 1 aromatic rings. The molecule has 2 N–H and O–H groups in total. The number of amides is 1. The highest BCUT2D eigenvalue weighted by atomic mass is 16.5. The number of rotatable bonds is 10. The summed E-state index contributed by atoms with van der Waals surface area (Å²) >= 11 is 0. The highest BCUT2D eigenvalue weighted by Crippen LogP contribution is 2.18. The normalized spacial score (nSPS) is 18.5. The van der Waals surface area contributed by atoms with Crippen LogP contribution in [0.1, 0.15) is 32.3 Å². The summed E-state index contributed by atoms with van der Waals surface area (Å²) < 4.78 is 10.7. The number of ether oxygens (including phenoxy) is 2. The number of carbonyl (C=O) groups is 3. The minimum absolute atomic E-state index is 0.0354. The van der Waals surface area contributed by atoms with E-state index in [0.29, 0.717) is 26.0 Å². The van der Waals surface area contributed by atoms with Gasteiger partial charge >= 0.3 is 11.9 Å². The van der Waals surface area contributed by atoms with E-state index in [4.69, 9.17) is 9.47 Å². The second-order valence-electron chi connectivity index (χ2n) is 6.72. The lowest BCUT2D eigenvalue weighted by atomic mass is 10.2. The number of aliphatic carboxylic acids is 1. The first-order chi connectivity index (χ1) is 13.4. The van der Waals surface area contributed by atoms with Crippen LogP contribution in [0.3, 0.4) is 0 Å². The van der Waals surface area contributed by atoms with Crippen molar-refractivity contribution in [2.75, 3.05) is 19.8 Å². The molecule has 0 saturated carbocycles. The van der Waals surface area contributed by atoms with Gasteiger partial charge in [0.2, 0.25) is 5.91 Å². The van der Waals surface area contributed by atoms with Crippen molar-refractivity contribution in [3.63, 3.8) is 0 Å².